The summed E-state index contributed by atoms with van der Waals surface area (Å²) in [6.07, 6.45) is -1.04. The fourth-order valence-corrected chi connectivity index (χ4v) is 2.95. The van der Waals surface area contributed by atoms with E-state index < -0.39 is 11.9 Å². The molecule has 0 aliphatic carbocycles. The maximum atomic E-state index is 12.5. The van der Waals surface area contributed by atoms with Crippen LogP contribution in [0.3, 0.4) is 0 Å². The minimum Gasteiger partial charge on any atom is -0.378 e. The van der Waals surface area contributed by atoms with Gasteiger partial charge in [0.15, 0.2) is 11.7 Å². The second-order valence-electron chi connectivity index (χ2n) is 5.17. The predicted octanol–water partition coefficient (Wildman–Crippen LogP) is 2.79. The topological polar surface area (TPSA) is 58.5 Å². The molecular weight excluding hydrogens is 329 g/mol. The number of hydrogen-bond donors (Lipinski definition) is 2. The minimum absolute atomic E-state index is 0.121. The van der Waals surface area contributed by atoms with Gasteiger partial charge in [0, 0.05) is 25.1 Å². The van der Waals surface area contributed by atoms with Gasteiger partial charge in [-0.2, -0.15) is 13.2 Å². The van der Waals surface area contributed by atoms with Gasteiger partial charge in [0.1, 0.15) is 5.01 Å². The quantitative estimate of drug-likeness (QED) is 0.612. The summed E-state index contributed by atoms with van der Waals surface area (Å²) in [6, 6.07) is 0. The maximum Gasteiger partial charge on any atom is 0.434 e. The summed E-state index contributed by atoms with van der Waals surface area (Å²) in [5, 5.41) is 7.59. The molecule has 0 bridgehead atoms. The standard InChI is InChI=1S/C14H21F3N4OS/c1-2-18-13(19-6-5-10-4-3-7-22-10)20-8-12-21-11(9-23-12)14(15,16)17/h9-10H,2-8H2,1H3,(H2,18,19,20). The third-order valence-electron chi connectivity index (χ3n) is 3.34. The molecule has 5 nitrogen and oxygen atoms in total. The second kappa shape index (κ2) is 8.49. The van der Waals surface area contributed by atoms with Crippen molar-refractivity contribution >= 4 is 17.3 Å². The van der Waals surface area contributed by atoms with Crippen molar-refractivity contribution < 1.29 is 17.9 Å². The smallest absolute Gasteiger partial charge is 0.378 e. The van der Waals surface area contributed by atoms with E-state index in [0.29, 0.717) is 30.2 Å². The number of aliphatic imine (C=N–C) groups is 1. The van der Waals surface area contributed by atoms with Gasteiger partial charge in [-0.15, -0.1) is 11.3 Å². The lowest BCUT2D eigenvalue weighted by Gasteiger charge is -2.13. The normalized spacial score (nSPS) is 19.1. The number of rotatable bonds is 6. The van der Waals surface area contributed by atoms with Crippen molar-refractivity contribution in [2.75, 3.05) is 19.7 Å². The second-order valence-corrected chi connectivity index (χ2v) is 6.11. The highest BCUT2D eigenvalue weighted by atomic mass is 32.1. The highest BCUT2D eigenvalue weighted by molar-refractivity contribution is 7.09. The number of aromatic nitrogens is 1. The molecule has 1 aliphatic rings. The molecule has 0 saturated carbocycles. The molecular formula is C14H21F3N4OS. The Morgan fingerprint density at radius 3 is 2.91 bits per heavy atom. The van der Waals surface area contributed by atoms with Gasteiger partial charge >= 0.3 is 6.18 Å². The molecule has 1 saturated heterocycles. The Bertz CT molecular complexity index is 512. The van der Waals surface area contributed by atoms with E-state index >= 15 is 0 Å². The van der Waals surface area contributed by atoms with E-state index in [9.17, 15) is 13.2 Å². The summed E-state index contributed by atoms with van der Waals surface area (Å²) in [5.74, 6) is 0.578. The summed E-state index contributed by atoms with van der Waals surface area (Å²) in [7, 11) is 0. The number of guanidine groups is 1. The number of nitrogens with one attached hydrogen (secondary N) is 2. The monoisotopic (exact) mass is 350 g/mol. The molecule has 1 aromatic heterocycles. The molecule has 9 heteroatoms. The molecule has 1 atom stereocenters. The van der Waals surface area contributed by atoms with E-state index in [4.69, 9.17) is 4.74 Å². The maximum absolute atomic E-state index is 12.5. The van der Waals surface area contributed by atoms with Crippen molar-refractivity contribution in [3.05, 3.63) is 16.1 Å². The number of ether oxygens (including phenoxy) is 1. The SMILES string of the molecule is CCNC(=NCc1nc(C(F)(F)F)cs1)NCCC1CCCO1. The van der Waals surface area contributed by atoms with Crippen LogP contribution in [-0.2, 0) is 17.5 Å². The van der Waals surface area contributed by atoms with Crippen molar-refractivity contribution in [2.45, 2.75) is 45.0 Å². The van der Waals surface area contributed by atoms with Crippen molar-refractivity contribution in [3.63, 3.8) is 0 Å². The molecule has 1 fully saturated rings. The van der Waals surface area contributed by atoms with E-state index in [1.165, 1.54) is 0 Å². The third kappa shape index (κ3) is 5.98. The first-order valence-electron chi connectivity index (χ1n) is 7.64. The molecule has 2 heterocycles. The Kier molecular flexibility index (Phi) is 6.64. The van der Waals surface area contributed by atoms with Crippen molar-refractivity contribution in [1.82, 2.24) is 15.6 Å². The highest BCUT2D eigenvalue weighted by Gasteiger charge is 2.33. The molecule has 1 aliphatic heterocycles. The fourth-order valence-electron chi connectivity index (χ4n) is 2.23. The lowest BCUT2D eigenvalue weighted by atomic mass is 10.2. The average molecular weight is 350 g/mol. The summed E-state index contributed by atoms with van der Waals surface area (Å²) in [4.78, 5) is 7.85. The fraction of sp³-hybridized carbons (Fsp3) is 0.714. The summed E-state index contributed by atoms with van der Waals surface area (Å²) < 4.78 is 43.1. The molecule has 2 rings (SSSR count). The summed E-state index contributed by atoms with van der Waals surface area (Å²) >= 11 is 0.967. The summed E-state index contributed by atoms with van der Waals surface area (Å²) in [6.45, 7) is 4.27. The van der Waals surface area contributed by atoms with E-state index in [1.54, 1.807) is 0 Å². The van der Waals surface area contributed by atoms with Gasteiger partial charge in [0.2, 0.25) is 0 Å². The number of alkyl halides is 3. The number of halogens is 3. The first kappa shape index (κ1) is 18.0. The van der Waals surface area contributed by atoms with E-state index in [-0.39, 0.29) is 6.54 Å². The Morgan fingerprint density at radius 1 is 1.48 bits per heavy atom. The lowest BCUT2D eigenvalue weighted by molar-refractivity contribution is -0.140. The molecule has 23 heavy (non-hydrogen) atoms. The minimum atomic E-state index is -4.40. The molecule has 0 amide bonds. The predicted molar refractivity (Wildman–Crippen MR) is 83.5 cm³/mol. The summed E-state index contributed by atoms with van der Waals surface area (Å²) in [5.41, 5.74) is -0.857. The van der Waals surface area contributed by atoms with Crippen molar-refractivity contribution in [3.8, 4) is 0 Å². The highest BCUT2D eigenvalue weighted by Crippen LogP contribution is 2.30. The first-order valence-corrected chi connectivity index (χ1v) is 8.52. The zero-order valence-corrected chi connectivity index (χ0v) is 13.8. The van der Waals surface area contributed by atoms with E-state index in [1.807, 2.05) is 6.92 Å². The van der Waals surface area contributed by atoms with E-state index in [2.05, 4.69) is 20.6 Å². The molecule has 2 N–H and O–H groups in total. The number of hydrogen-bond acceptors (Lipinski definition) is 4. The Hall–Kier alpha value is -1.35. The molecule has 0 aromatic carbocycles. The lowest BCUT2D eigenvalue weighted by Crippen LogP contribution is -2.38. The molecule has 130 valence electrons. The van der Waals surface area contributed by atoms with Gasteiger partial charge in [-0.25, -0.2) is 9.98 Å². The zero-order chi connectivity index (χ0) is 16.7. The largest absolute Gasteiger partial charge is 0.434 e. The van der Waals surface area contributed by atoms with Crippen LogP contribution >= 0.6 is 11.3 Å². The number of nitrogens with zero attached hydrogens (tertiary/aromatic N) is 2. The average Bonchev–Trinajstić information content (AvgIpc) is 3.15. The van der Waals surface area contributed by atoms with Crippen molar-refractivity contribution in [2.24, 2.45) is 4.99 Å². The Morgan fingerprint density at radius 2 is 2.30 bits per heavy atom. The van der Waals surface area contributed by atoms with Crippen LogP contribution in [0, 0.1) is 0 Å². The zero-order valence-electron chi connectivity index (χ0n) is 12.9. The van der Waals surface area contributed by atoms with Crippen LogP contribution in [0.4, 0.5) is 13.2 Å². The third-order valence-corrected chi connectivity index (χ3v) is 4.18. The van der Waals surface area contributed by atoms with Crippen LogP contribution < -0.4 is 10.6 Å². The van der Waals surface area contributed by atoms with Crippen LogP contribution in [-0.4, -0.2) is 36.7 Å². The van der Waals surface area contributed by atoms with Crippen molar-refractivity contribution in [1.29, 1.82) is 0 Å². The first-order chi connectivity index (χ1) is 11.0. The molecule has 0 spiro atoms. The molecule has 1 aromatic rings. The van der Waals surface area contributed by atoms with Crippen LogP contribution in [0.2, 0.25) is 0 Å². The van der Waals surface area contributed by atoms with Crippen LogP contribution in [0.1, 0.15) is 36.9 Å². The van der Waals surface area contributed by atoms with Crippen LogP contribution in [0.5, 0.6) is 0 Å². The van der Waals surface area contributed by atoms with Gasteiger partial charge in [-0.05, 0) is 26.2 Å². The van der Waals surface area contributed by atoms with Gasteiger partial charge in [-0.1, -0.05) is 0 Å². The van der Waals surface area contributed by atoms with Crippen LogP contribution in [0.25, 0.3) is 0 Å². The van der Waals surface area contributed by atoms with Crippen LogP contribution in [0.15, 0.2) is 10.4 Å². The Labute approximate surface area is 137 Å². The molecule has 1 unspecified atom stereocenters. The van der Waals surface area contributed by atoms with E-state index in [0.717, 1.165) is 42.6 Å². The van der Waals surface area contributed by atoms with Gasteiger partial charge in [-0.3, -0.25) is 0 Å². The molecule has 0 radical (unpaired) electrons. The van der Waals surface area contributed by atoms with Gasteiger partial charge in [0.25, 0.3) is 0 Å². The van der Waals surface area contributed by atoms with Gasteiger partial charge in [0.05, 0.1) is 12.6 Å². The number of thiazole rings is 1. The Balaban J connectivity index is 1.83. The van der Waals surface area contributed by atoms with Gasteiger partial charge < -0.3 is 15.4 Å².